The van der Waals surface area contributed by atoms with E-state index in [9.17, 15) is 18.0 Å². The Kier molecular flexibility index (Phi) is 2.76. The summed E-state index contributed by atoms with van der Waals surface area (Å²) in [6.45, 7) is 3.58. The van der Waals surface area contributed by atoms with Crippen LogP contribution in [0.4, 0.5) is 13.2 Å². The second-order valence-electron chi connectivity index (χ2n) is 3.82. The lowest BCUT2D eigenvalue weighted by atomic mass is 10.0. The van der Waals surface area contributed by atoms with Crippen molar-refractivity contribution < 1.29 is 22.7 Å². The topological polar surface area (TPSA) is 38.3 Å². The standard InChI is InChI=1S/C8H12F3NO2/c1-5-3-7(2,4-12-5)14-6(13)8(9,10)11/h5,12H,3-4H2,1-2H3/t5-,7+/m1/s1. The average Bonchev–Trinajstić information content (AvgIpc) is 2.28. The van der Waals surface area contributed by atoms with Crippen molar-refractivity contribution >= 4 is 5.97 Å². The average molecular weight is 211 g/mol. The number of alkyl halides is 3. The fourth-order valence-corrected chi connectivity index (χ4v) is 1.54. The first-order valence-corrected chi connectivity index (χ1v) is 4.26. The summed E-state index contributed by atoms with van der Waals surface area (Å²) in [5.74, 6) is -2.11. The van der Waals surface area contributed by atoms with E-state index in [1.807, 2.05) is 6.92 Å². The van der Waals surface area contributed by atoms with Gasteiger partial charge in [0.1, 0.15) is 5.60 Å². The van der Waals surface area contributed by atoms with E-state index in [1.54, 1.807) is 0 Å². The molecule has 0 aromatic carbocycles. The molecule has 0 radical (unpaired) electrons. The van der Waals surface area contributed by atoms with Crippen molar-refractivity contribution in [1.29, 1.82) is 0 Å². The van der Waals surface area contributed by atoms with Crippen molar-refractivity contribution in [2.75, 3.05) is 6.54 Å². The van der Waals surface area contributed by atoms with Crippen LogP contribution in [0, 0.1) is 0 Å². The number of halogens is 3. The van der Waals surface area contributed by atoms with Gasteiger partial charge in [0, 0.05) is 19.0 Å². The fraction of sp³-hybridized carbons (Fsp3) is 0.875. The van der Waals surface area contributed by atoms with Crippen LogP contribution in [0.25, 0.3) is 0 Å². The van der Waals surface area contributed by atoms with Gasteiger partial charge in [-0.15, -0.1) is 0 Å². The zero-order valence-electron chi connectivity index (χ0n) is 7.94. The number of hydrogen-bond acceptors (Lipinski definition) is 3. The van der Waals surface area contributed by atoms with Gasteiger partial charge in [-0.3, -0.25) is 0 Å². The number of ether oxygens (including phenoxy) is 1. The Labute approximate surface area is 79.6 Å². The molecule has 1 rings (SSSR count). The lowest BCUT2D eigenvalue weighted by Crippen LogP contribution is -2.39. The fourth-order valence-electron chi connectivity index (χ4n) is 1.54. The molecule has 0 amide bonds. The number of esters is 1. The van der Waals surface area contributed by atoms with Gasteiger partial charge in [0.05, 0.1) is 0 Å². The van der Waals surface area contributed by atoms with Gasteiger partial charge >= 0.3 is 12.1 Å². The predicted octanol–water partition coefficient (Wildman–Crippen LogP) is 1.23. The zero-order valence-corrected chi connectivity index (χ0v) is 7.94. The molecule has 82 valence electrons. The van der Waals surface area contributed by atoms with Crippen molar-refractivity contribution in [2.45, 2.75) is 38.1 Å². The molecule has 1 heterocycles. The van der Waals surface area contributed by atoms with Crippen LogP contribution in [0.2, 0.25) is 0 Å². The SMILES string of the molecule is C[C@@H]1C[C@](C)(OC(=O)C(F)(F)F)CN1. The second kappa shape index (κ2) is 3.42. The largest absolute Gasteiger partial charge is 0.490 e. The van der Waals surface area contributed by atoms with Crippen LogP contribution < -0.4 is 5.32 Å². The number of hydrogen-bond donors (Lipinski definition) is 1. The molecule has 0 aromatic rings. The van der Waals surface area contributed by atoms with E-state index in [-0.39, 0.29) is 12.6 Å². The Morgan fingerprint density at radius 2 is 2.14 bits per heavy atom. The first-order chi connectivity index (χ1) is 6.23. The van der Waals surface area contributed by atoms with Gasteiger partial charge in [0.2, 0.25) is 0 Å². The normalized spacial score (nSPS) is 33.1. The monoisotopic (exact) mass is 211 g/mol. The molecule has 0 aromatic heterocycles. The quantitative estimate of drug-likeness (QED) is 0.663. The smallest absolute Gasteiger partial charge is 0.451 e. The van der Waals surface area contributed by atoms with Crippen molar-refractivity contribution in [3.63, 3.8) is 0 Å². The summed E-state index contributed by atoms with van der Waals surface area (Å²) in [5.41, 5.74) is -1.04. The molecule has 1 fully saturated rings. The van der Waals surface area contributed by atoms with Gasteiger partial charge < -0.3 is 10.1 Å². The summed E-state index contributed by atoms with van der Waals surface area (Å²) in [7, 11) is 0. The van der Waals surface area contributed by atoms with Crippen LogP contribution in [0.3, 0.4) is 0 Å². The van der Waals surface area contributed by atoms with Crippen molar-refractivity contribution in [2.24, 2.45) is 0 Å². The van der Waals surface area contributed by atoms with Crippen molar-refractivity contribution in [1.82, 2.24) is 5.32 Å². The molecule has 0 bridgehead atoms. The van der Waals surface area contributed by atoms with E-state index in [4.69, 9.17) is 0 Å². The first-order valence-electron chi connectivity index (χ1n) is 4.26. The van der Waals surface area contributed by atoms with Gasteiger partial charge in [0.25, 0.3) is 0 Å². The van der Waals surface area contributed by atoms with Crippen LogP contribution in [0.15, 0.2) is 0 Å². The number of carbonyl (C=O) groups is 1. The highest BCUT2D eigenvalue weighted by Gasteiger charge is 2.46. The third-order valence-electron chi connectivity index (χ3n) is 2.13. The van der Waals surface area contributed by atoms with Crippen molar-refractivity contribution in [3.8, 4) is 0 Å². The van der Waals surface area contributed by atoms with E-state index in [1.165, 1.54) is 6.92 Å². The predicted molar refractivity (Wildman–Crippen MR) is 42.6 cm³/mol. The molecule has 0 aliphatic carbocycles. The maximum atomic E-state index is 11.9. The minimum atomic E-state index is -4.91. The summed E-state index contributed by atoms with van der Waals surface area (Å²) in [4.78, 5) is 10.6. The highest BCUT2D eigenvalue weighted by Crippen LogP contribution is 2.27. The molecule has 1 aliphatic rings. The van der Waals surface area contributed by atoms with Gasteiger partial charge in [-0.2, -0.15) is 13.2 Å². The molecule has 3 nitrogen and oxygen atoms in total. The van der Waals surface area contributed by atoms with Gasteiger partial charge in [-0.1, -0.05) is 0 Å². The van der Waals surface area contributed by atoms with Crippen LogP contribution >= 0.6 is 0 Å². The Morgan fingerprint density at radius 3 is 2.50 bits per heavy atom. The van der Waals surface area contributed by atoms with Gasteiger partial charge in [0.15, 0.2) is 0 Å². The summed E-state index contributed by atoms with van der Waals surface area (Å²) in [5, 5.41) is 2.92. The Balaban J connectivity index is 2.56. The van der Waals surface area contributed by atoms with E-state index in [0.29, 0.717) is 6.42 Å². The molecule has 0 saturated carbocycles. The molecule has 6 heteroatoms. The number of nitrogens with one attached hydrogen (secondary N) is 1. The molecule has 2 atom stereocenters. The van der Waals surface area contributed by atoms with Crippen LogP contribution in [-0.4, -0.2) is 30.3 Å². The van der Waals surface area contributed by atoms with E-state index >= 15 is 0 Å². The Bertz CT molecular complexity index is 241. The maximum Gasteiger partial charge on any atom is 0.490 e. The zero-order chi connectivity index (χ0) is 11.0. The summed E-state index contributed by atoms with van der Waals surface area (Å²) in [6, 6.07) is 0.0704. The maximum absolute atomic E-state index is 11.9. The third kappa shape index (κ3) is 2.60. The van der Waals surface area contributed by atoms with Crippen LogP contribution in [-0.2, 0) is 9.53 Å². The highest BCUT2D eigenvalue weighted by atomic mass is 19.4. The highest BCUT2D eigenvalue weighted by molar-refractivity contribution is 5.76. The van der Waals surface area contributed by atoms with Gasteiger partial charge in [-0.25, -0.2) is 4.79 Å². The minimum absolute atomic E-state index is 0.0704. The molecule has 0 unspecified atom stereocenters. The third-order valence-corrected chi connectivity index (χ3v) is 2.13. The van der Waals surface area contributed by atoms with Crippen LogP contribution in [0.5, 0.6) is 0 Å². The number of carbonyl (C=O) groups excluding carboxylic acids is 1. The molecular weight excluding hydrogens is 199 g/mol. The molecule has 1 aliphatic heterocycles. The lowest BCUT2D eigenvalue weighted by molar-refractivity contribution is -0.211. The molecule has 1 N–H and O–H groups in total. The Morgan fingerprint density at radius 1 is 1.57 bits per heavy atom. The molecule has 14 heavy (non-hydrogen) atoms. The van der Waals surface area contributed by atoms with E-state index in [2.05, 4.69) is 10.1 Å². The van der Waals surface area contributed by atoms with E-state index < -0.39 is 17.7 Å². The summed E-state index contributed by atoms with van der Waals surface area (Å²) >= 11 is 0. The van der Waals surface area contributed by atoms with E-state index in [0.717, 1.165) is 0 Å². The summed E-state index contributed by atoms with van der Waals surface area (Å²) in [6.07, 6.45) is -4.51. The first kappa shape index (κ1) is 11.3. The minimum Gasteiger partial charge on any atom is -0.451 e. The molecule has 1 saturated heterocycles. The summed E-state index contributed by atoms with van der Waals surface area (Å²) < 4.78 is 40.0. The molecule has 0 spiro atoms. The van der Waals surface area contributed by atoms with Crippen molar-refractivity contribution in [3.05, 3.63) is 0 Å². The van der Waals surface area contributed by atoms with Crippen LogP contribution in [0.1, 0.15) is 20.3 Å². The molecular formula is C8H12F3NO2. The number of rotatable bonds is 1. The second-order valence-corrected chi connectivity index (χ2v) is 3.82. The lowest BCUT2D eigenvalue weighted by Gasteiger charge is -2.23. The van der Waals surface area contributed by atoms with Gasteiger partial charge in [-0.05, 0) is 13.8 Å². The Hall–Kier alpha value is -0.780.